The number of benzene rings is 1. The zero-order chi connectivity index (χ0) is 10.8. The van der Waals surface area contributed by atoms with Crippen LogP contribution < -0.4 is 10.6 Å². The average Bonchev–Trinajstić information content (AvgIpc) is 2.98. The van der Waals surface area contributed by atoms with Crippen molar-refractivity contribution in [2.45, 2.75) is 25.8 Å². The molecule has 82 valence electrons. The molecule has 0 atom stereocenters. The van der Waals surface area contributed by atoms with Gasteiger partial charge in [-0.15, -0.1) is 0 Å². The summed E-state index contributed by atoms with van der Waals surface area (Å²) in [6.45, 7) is 2.90. The Kier molecular flexibility index (Phi) is 2.82. The van der Waals surface area contributed by atoms with Gasteiger partial charge in [0.05, 0.1) is 18.0 Å². The van der Waals surface area contributed by atoms with Crippen LogP contribution in [0.25, 0.3) is 0 Å². The summed E-state index contributed by atoms with van der Waals surface area (Å²) in [6.07, 6.45) is 2.43. The minimum atomic E-state index is 0.184. The van der Waals surface area contributed by atoms with Crippen LogP contribution in [-0.4, -0.2) is 24.3 Å². The van der Waals surface area contributed by atoms with Gasteiger partial charge in [0.1, 0.15) is 0 Å². The van der Waals surface area contributed by atoms with Crippen molar-refractivity contribution >= 4 is 11.4 Å². The monoisotopic (exact) mass is 206 g/mol. The zero-order valence-electron chi connectivity index (χ0n) is 9.11. The number of hydrogen-bond donors (Lipinski definition) is 2. The summed E-state index contributed by atoms with van der Waals surface area (Å²) in [4.78, 5) is 2.22. The first-order valence-electron chi connectivity index (χ1n) is 5.46. The highest BCUT2D eigenvalue weighted by atomic mass is 16.3. The smallest absolute Gasteiger partial charge is 0.0606 e. The molecular weight excluding hydrogens is 188 g/mol. The number of rotatable bonds is 4. The van der Waals surface area contributed by atoms with Gasteiger partial charge in [-0.25, -0.2) is 0 Å². The van der Waals surface area contributed by atoms with E-state index in [1.807, 2.05) is 13.0 Å². The maximum Gasteiger partial charge on any atom is 0.0606 e. The molecule has 0 unspecified atom stereocenters. The quantitative estimate of drug-likeness (QED) is 0.735. The van der Waals surface area contributed by atoms with E-state index in [1.54, 1.807) is 0 Å². The minimum Gasteiger partial charge on any atom is -0.397 e. The molecule has 3 nitrogen and oxygen atoms in total. The van der Waals surface area contributed by atoms with Gasteiger partial charge in [0.15, 0.2) is 0 Å². The van der Waals surface area contributed by atoms with Crippen molar-refractivity contribution in [3.63, 3.8) is 0 Å². The molecule has 1 fully saturated rings. The Hall–Kier alpha value is -1.22. The maximum atomic E-state index is 9.04. The van der Waals surface area contributed by atoms with Gasteiger partial charge in [-0.2, -0.15) is 0 Å². The van der Waals surface area contributed by atoms with Crippen molar-refractivity contribution in [1.82, 2.24) is 0 Å². The second-order valence-electron chi connectivity index (χ2n) is 4.21. The van der Waals surface area contributed by atoms with Crippen molar-refractivity contribution in [2.75, 3.05) is 23.8 Å². The molecule has 3 N–H and O–H groups in total. The first kappa shape index (κ1) is 10.3. The van der Waals surface area contributed by atoms with Crippen molar-refractivity contribution in [1.29, 1.82) is 0 Å². The number of hydrogen-bond acceptors (Lipinski definition) is 3. The highest BCUT2D eigenvalue weighted by Crippen LogP contribution is 2.34. The summed E-state index contributed by atoms with van der Waals surface area (Å²) >= 11 is 0. The van der Waals surface area contributed by atoms with Gasteiger partial charge in [0.2, 0.25) is 0 Å². The second kappa shape index (κ2) is 4.11. The third kappa shape index (κ3) is 2.23. The molecule has 1 aliphatic rings. The molecule has 15 heavy (non-hydrogen) atoms. The van der Waals surface area contributed by atoms with Gasteiger partial charge in [-0.3, -0.25) is 0 Å². The Morgan fingerprint density at radius 2 is 2.20 bits per heavy atom. The molecule has 0 spiro atoms. The molecule has 0 radical (unpaired) electrons. The van der Waals surface area contributed by atoms with Crippen molar-refractivity contribution < 1.29 is 5.11 Å². The summed E-state index contributed by atoms with van der Waals surface area (Å²) in [6, 6.07) is 6.70. The lowest BCUT2D eigenvalue weighted by atomic mass is 10.1. The lowest BCUT2D eigenvalue weighted by Gasteiger charge is -2.25. The van der Waals surface area contributed by atoms with Crippen molar-refractivity contribution in [3.8, 4) is 0 Å². The molecule has 0 aromatic heterocycles. The van der Waals surface area contributed by atoms with Gasteiger partial charge in [-0.1, -0.05) is 6.07 Å². The predicted molar refractivity (Wildman–Crippen MR) is 63.0 cm³/mol. The molecule has 0 amide bonds. The van der Waals surface area contributed by atoms with E-state index >= 15 is 0 Å². The molecule has 0 bridgehead atoms. The third-order valence-electron chi connectivity index (χ3n) is 2.82. The highest BCUT2D eigenvalue weighted by molar-refractivity contribution is 5.69. The number of aliphatic hydroxyl groups is 1. The fourth-order valence-electron chi connectivity index (χ4n) is 1.93. The van der Waals surface area contributed by atoms with Gasteiger partial charge < -0.3 is 15.7 Å². The van der Waals surface area contributed by atoms with Gasteiger partial charge in [0, 0.05) is 12.6 Å². The Bertz CT molecular complexity index is 347. The van der Waals surface area contributed by atoms with Gasteiger partial charge in [-0.05, 0) is 37.5 Å². The van der Waals surface area contributed by atoms with Crippen LogP contribution in [0.3, 0.4) is 0 Å². The van der Waals surface area contributed by atoms with E-state index in [2.05, 4.69) is 17.0 Å². The summed E-state index contributed by atoms with van der Waals surface area (Å²) in [5.41, 5.74) is 9.05. The van der Waals surface area contributed by atoms with Crippen LogP contribution in [0.5, 0.6) is 0 Å². The molecule has 2 rings (SSSR count). The van der Waals surface area contributed by atoms with Gasteiger partial charge in [0.25, 0.3) is 0 Å². The molecule has 0 heterocycles. The van der Waals surface area contributed by atoms with E-state index in [-0.39, 0.29) is 6.61 Å². The number of aliphatic hydroxyl groups excluding tert-OH is 1. The zero-order valence-corrected chi connectivity index (χ0v) is 9.11. The first-order valence-corrected chi connectivity index (χ1v) is 5.46. The highest BCUT2D eigenvalue weighted by Gasteiger charge is 2.29. The summed E-state index contributed by atoms with van der Waals surface area (Å²) in [5, 5.41) is 9.04. The van der Waals surface area contributed by atoms with E-state index in [0.29, 0.717) is 12.6 Å². The lowest BCUT2D eigenvalue weighted by Crippen LogP contribution is -2.29. The van der Waals surface area contributed by atoms with E-state index in [0.717, 1.165) is 11.4 Å². The SMILES string of the molecule is Cc1ccc(N(CCO)C2CC2)c(N)c1. The topological polar surface area (TPSA) is 49.5 Å². The van der Waals surface area contributed by atoms with Crippen LogP contribution >= 0.6 is 0 Å². The minimum absolute atomic E-state index is 0.184. The van der Waals surface area contributed by atoms with Crippen LogP contribution in [-0.2, 0) is 0 Å². The predicted octanol–water partition coefficient (Wildman–Crippen LogP) is 1.54. The maximum absolute atomic E-state index is 9.04. The molecule has 3 heteroatoms. The molecule has 1 aromatic rings. The first-order chi connectivity index (χ1) is 7.22. The molecule has 1 aromatic carbocycles. The number of nitrogens with two attached hydrogens (primary N) is 1. The Labute approximate surface area is 90.5 Å². The Morgan fingerprint density at radius 3 is 2.73 bits per heavy atom. The number of nitrogen functional groups attached to an aromatic ring is 1. The Morgan fingerprint density at radius 1 is 1.47 bits per heavy atom. The largest absolute Gasteiger partial charge is 0.397 e. The van der Waals surface area contributed by atoms with Gasteiger partial charge >= 0.3 is 0 Å². The van der Waals surface area contributed by atoms with Crippen LogP contribution in [0.2, 0.25) is 0 Å². The van der Waals surface area contributed by atoms with Crippen LogP contribution in [0.1, 0.15) is 18.4 Å². The number of aryl methyl sites for hydroxylation is 1. The van der Waals surface area contributed by atoms with E-state index in [1.165, 1.54) is 18.4 Å². The fraction of sp³-hybridized carbons (Fsp3) is 0.500. The summed E-state index contributed by atoms with van der Waals surface area (Å²) in [5.74, 6) is 0. The van der Waals surface area contributed by atoms with Crippen LogP contribution in [0.15, 0.2) is 18.2 Å². The van der Waals surface area contributed by atoms with Crippen molar-refractivity contribution in [2.24, 2.45) is 0 Å². The second-order valence-corrected chi connectivity index (χ2v) is 4.21. The molecule has 0 aliphatic heterocycles. The van der Waals surface area contributed by atoms with E-state index in [9.17, 15) is 0 Å². The Balaban J connectivity index is 2.24. The van der Waals surface area contributed by atoms with E-state index < -0.39 is 0 Å². The van der Waals surface area contributed by atoms with Crippen LogP contribution in [0, 0.1) is 6.92 Å². The third-order valence-corrected chi connectivity index (χ3v) is 2.82. The molecule has 1 aliphatic carbocycles. The molecular formula is C12H18N2O. The average molecular weight is 206 g/mol. The molecule has 1 saturated carbocycles. The lowest BCUT2D eigenvalue weighted by molar-refractivity contribution is 0.301. The number of anilines is 2. The number of nitrogens with zero attached hydrogens (tertiary/aromatic N) is 1. The summed E-state index contributed by atoms with van der Waals surface area (Å²) in [7, 11) is 0. The van der Waals surface area contributed by atoms with Crippen LogP contribution in [0.4, 0.5) is 11.4 Å². The van der Waals surface area contributed by atoms with Crippen molar-refractivity contribution in [3.05, 3.63) is 23.8 Å². The molecule has 0 saturated heterocycles. The standard InChI is InChI=1S/C12H18N2O/c1-9-2-5-12(11(13)8-9)14(6-7-15)10-3-4-10/h2,5,8,10,15H,3-4,6-7,13H2,1H3. The normalized spacial score (nSPS) is 15.3. The fourth-order valence-corrected chi connectivity index (χ4v) is 1.93. The summed E-state index contributed by atoms with van der Waals surface area (Å²) < 4.78 is 0. The van der Waals surface area contributed by atoms with E-state index in [4.69, 9.17) is 10.8 Å².